The van der Waals surface area contributed by atoms with Crippen molar-refractivity contribution in [2.24, 2.45) is 23.2 Å². The molecule has 4 rings (SSSR count). The molecule has 0 saturated heterocycles. The van der Waals surface area contributed by atoms with Crippen LogP contribution in [0.25, 0.3) is 0 Å². The largest absolute Gasteiger partial charge is 0.481 e. The summed E-state index contributed by atoms with van der Waals surface area (Å²) in [6.45, 7) is 0. The summed E-state index contributed by atoms with van der Waals surface area (Å²) in [7, 11) is 3.12. The summed E-state index contributed by atoms with van der Waals surface area (Å²) in [4.78, 5) is 23.0. The maximum atomic E-state index is 11.5. The highest BCUT2D eigenvalue weighted by molar-refractivity contribution is 5.91. The number of nitrogens with one attached hydrogen (secondary N) is 1. The van der Waals surface area contributed by atoms with E-state index < -0.39 is 22.9 Å². The second-order valence-electron chi connectivity index (χ2n) is 5.28. The number of rotatable bonds is 4. The fourth-order valence-electron chi connectivity index (χ4n) is 4.70. The van der Waals surface area contributed by atoms with Crippen LogP contribution in [0.3, 0.4) is 0 Å². The monoisotopic (exact) mass is 241 g/mol. The average molecular weight is 241 g/mol. The van der Waals surface area contributed by atoms with E-state index in [0.717, 1.165) is 0 Å². The molecule has 0 aliphatic heterocycles. The first-order valence-electron chi connectivity index (χ1n) is 5.67. The van der Waals surface area contributed by atoms with Crippen LogP contribution in [-0.2, 0) is 14.3 Å². The minimum atomic E-state index is -1.12. The molecule has 0 aromatic heterocycles. The lowest BCUT2D eigenvalue weighted by molar-refractivity contribution is -0.148. The summed E-state index contributed by atoms with van der Waals surface area (Å²) in [6.07, 6.45) is 0.156. The van der Waals surface area contributed by atoms with Gasteiger partial charge in [-0.15, -0.1) is 0 Å². The Morgan fingerprint density at radius 2 is 2.00 bits per heavy atom. The molecule has 0 radical (unpaired) electrons. The molecular formula is C11H15NO5. The molecule has 6 atom stereocenters. The topological polar surface area (TPSA) is 95.9 Å². The summed E-state index contributed by atoms with van der Waals surface area (Å²) >= 11 is 0. The summed E-state index contributed by atoms with van der Waals surface area (Å²) in [6, 6.07) is 0. The quantitative estimate of drug-likeness (QED) is 0.608. The summed E-state index contributed by atoms with van der Waals surface area (Å²) < 4.78 is 5.33. The smallest absolute Gasteiger partial charge is 0.324 e. The number of carbonyl (C=O) groups is 2. The molecule has 4 fully saturated rings. The van der Waals surface area contributed by atoms with Gasteiger partial charge < -0.3 is 20.3 Å². The standard InChI is InChI=1S/C11H15NO5/c1-12-11(9(15)16)4-3-10(8(13)14)5(7(10)11)6(4)17-2/h4-7,12H,3H2,1-2H3,(H,13,14)(H,15,16)/t4?,5?,6?,7?,10?,11-/m0/s1. The normalized spacial score (nSPS) is 53.8. The van der Waals surface area contributed by atoms with Gasteiger partial charge >= 0.3 is 11.9 Å². The lowest BCUT2D eigenvalue weighted by atomic mass is 9.87. The lowest BCUT2D eigenvalue weighted by Gasteiger charge is -2.29. The first-order valence-corrected chi connectivity index (χ1v) is 5.67. The van der Waals surface area contributed by atoms with Gasteiger partial charge in [-0.05, 0) is 13.5 Å². The fraction of sp³-hybridized carbons (Fsp3) is 0.818. The molecule has 17 heavy (non-hydrogen) atoms. The Hall–Kier alpha value is -1.14. The Labute approximate surface area is 97.9 Å². The highest BCUT2D eigenvalue weighted by Crippen LogP contribution is 2.82. The van der Waals surface area contributed by atoms with Gasteiger partial charge in [0.2, 0.25) is 0 Å². The molecule has 0 aromatic rings. The molecule has 4 aliphatic carbocycles. The molecule has 5 unspecified atom stereocenters. The van der Waals surface area contributed by atoms with Gasteiger partial charge in [-0.2, -0.15) is 0 Å². The van der Waals surface area contributed by atoms with Crippen molar-refractivity contribution >= 4 is 11.9 Å². The summed E-state index contributed by atoms with van der Waals surface area (Å²) in [5.74, 6) is -2.58. The number of methoxy groups -OCH3 is 1. The van der Waals surface area contributed by atoms with Crippen LogP contribution in [-0.4, -0.2) is 48.0 Å². The van der Waals surface area contributed by atoms with Gasteiger partial charge in [-0.1, -0.05) is 0 Å². The van der Waals surface area contributed by atoms with E-state index >= 15 is 0 Å². The van der Waals surface area contributed by atoms with Crippen molar-refractivity contribution in [1.82, 2.24) is 5.32 Å². The molecule has 0 heterocycles. The van der Waals surface area contributed by atoms with E-state index in [1.54, 1.807) is 7.05 Å². The molecule has 0 amide bonds. The van der Waals surface area contributed by atoms with Crippen molar-refractivity contribution in [2.75, 3.05) is 14.2 Å². The Morgan fingerprint density at radius 1 is 1.35 bits per heavy atom. The number of aliphatic carboxylic acids is 2. The number of hydrogen-bond donors (Lipinski definition) is 3. The van der Waals surface area contributed by atoms with Gasteiger partial charge in [0, 0.05) is 24.9 Å². The molecule has 6 nitrogen and oxygen atoms in total. The van der Waals surface area contributed by atoms with E-state index in [0.29, 0.717) is 6.42 Å². The molecule has 0 spiro atoms. The molecule has 3 N–H and O–H groups in total. The van der Waals surface area contributed by atoms with Crippen molar-refractivity contribution in [1.29, 1.82) is 0 Å². The van der Waals surface area contributed by atoms with Crippen LogP contribution in [0.2, 0.25) is 0 Å². The van der Waals surface area contributed by atoms with Crippen molar-refractivity contribution in [3.05, 3.63) is 0 Å². The molecule has 0 aromatic carbocycles. The molecule has 6 heteroatoms. The van der Waals surface area contributed by atoms with E-state index in [-0.39, 0.29) is 23.9 Å². The summed E-state index contributed by atoms with van der Waals surface area (Å²) in [5.41, 5.74) is -1.99. The number of ether oxygens (including phenoxy) is 1. The van der Waals surface area contributed by atoms with Gasteiger partial charge in [0.15, 0.2) is 0 Å². The van der Waals surface area contributed by atoms with Crippen LogP contribution in [0.15, 0.2) is 0 Å². The minimum Gasteiger partial charge on any atom is -0.481 e. The third-order valence-electron chi connectivity index (χ3n) is 5.22. The van der Waals surface area contributed by atoms with Crippen molar-refractivity contribution in [3.63, 3.8) is 0 Å². The van der Waals surface area contributed by atoms with Crippen LogP contribution in [0.4, 0.5) is 0 Å². The van der Waals surface area contributed by atoms with Crippen LogP contribution >= 0.6 is 0 Å². The second-order valence-corrected chi connectivity index (χ2v) is 5.28. The van der Waals surface area contributed by atoms with E-state index in [9.17, 15) is 19.8 Å². The Balaban J connectivity index is 2.09. The minimum absolute atomic E-state index is 0.154. The van der Waals surface area contributed by atoms with E-state index in [4.69, 9.17) is 4.74 Å². The molecule has 94 valence electrons. The van der Waals surface area contributed by atoms with Crippen LogP contribution in [0, 0.1) is 23.2 Å². The SMILES string of the molecule is CN[C@@]1(C(=O)O)C2CC3(C(=O)O)C(C2OC)C31. The molecular weight excluding hydrogens is 226 g/mol. The number of carboxylic acids is 2. The zero-order valence-electron chi connectivity index (χ0n) is 9.64. The Bertz CT molecular complexity index is 424. The Kier molecular flexibility index (Phi) is 1.82. The van der Waals surface area contributed by atoms with Gasteiger partial charge in [-0.25, -0.2) is 0 Å². The van der Waals surface area contributed by atoms with E-state index in [2.05, 4.69) is 5.32 Å². The highest BCUT2D eigenvalue weighted by atomic mass is 16.5. The summed E-state index contributed by atoms with van der Waals surface area (Å²) in [5, 5.41) is 21.7. The predicted octanol–water partition coefficient (Wildman–Crippen LogP) is -0.605. The third-order valence-corrected chi connectivity index (χ3v) is 5.22. The molecule has 4 saturated carbocycles. The van der Waals surface area contributed by atoms with Crippen molar-refractivity contribution in [3.8, 4) is 0 Å². The lowest BCUT2D eigenvalue weighted by Crippen LogP contribution is -2.55. The molecule has 4 bridgehead atoms. The first kappa shape index (κ1) is 11.0. The zero-order chi connectivity index (χ0) is 12.6. The maximum Gasteiger partial charge on any atom is 0.324 e. The first-order chi connectivity index (χ1) is 7.98. The molecule has 4 aliphatic rings. The number of hydrogen-bond acceptors (Lipinski definition) is 4. The van der Waals surface area contributed by atoms with E-state index in [1.807, 2.05) is 0 Å². The van der Waals surface area contributed by atoms with Crippen molar-refractivity contribution in [2.45, 2.75) is 18.1 Å². The van der Waals surface area contributed by atoms with Crippen LogP contribution in [0.5, 0.6) is 0 Å². The van der Waals surface area contributed by atoms with Gasteiger partial charge in [-0.3, -0.25) is 9.59 Å². The Morgan fingerprint density at radius 3 is 2.35 bits per heavy atom. The predicted molar refractivity (Wildman–Crippen MR) is 55.4 cm³/mol. The average Bonchev–Trinajstić information content (AvgIpc) is 2.62. The van der Waals surface area contributed by atoms with Crippen molar-refractivity contribution < 1.29 is 24.5 Å². The maximum absolute atomic E-state index is 11.5. The third kappa shape index (κ3) is 0.817. The zero-order valence-corrected chi connectivity index (χ0v) is 9.64. The van der Waals surface area contributed by atoms with Gasteiger partial charge in [0.05, 0.1) is 11.5 Å². The van der Waals surface area contributed by atoms with Gasteiger partial charge in [0.25, 0.3) is 0 Å². The van der Waals surface area contributed by atoms with E-state index in [1.165, 1.54) is 7.11 Å². The van der Waals surface area contributed by atoms with Crippen LogP contribution < -0.4 is 5.32 Å². The fourth-order valence-corrected chi connectivity index (χ4v) is 4.70. The second kappa shape index (κ2) is 2.81. The number of carboxylic acid groups (broad SMARTS) is 2. The van der Waals surface area contributed by atoms with Gasteiger partial charge in [0.1, 0.15) is 5.54 Å². The highest BCUT2D eigenvalue weighted by Gasteiger charge is 2.93. The number of likely N-dealkylation sites (N-methyl/N-ethyl adjacent to an activating group) is 1. The van der Waals surface area contributed by atoms with Crippen LogP contribution in [0.1, 0.15) is 6.42 Å².